The average molecular weight is 457 g/mol. The lowest BCUT2D eigenvalue weighted by Gasteiger charge is -2.17. The summed E-state index contributed by atoms with van der Waals surface area (Å²) >= 11 is 1.62. The fraction of sp³-hybridized carbons (Fsp3) is 0.435. The second-order valence-electron chi connectivity index (χ2n) is 8.16. The molecule has 0 bridgehead atoms. The fourth-order valence-corrected chi connectivity index (χ4v) is 5.35. The Labute approximate surface area is 190 Å². The van der Waals surface area contributed by atoms with Gasteiger partial charge in [-0.2, -0.15) is 0 Å². The van der Waals surface area contributed by atoms with Crippen molar-refractivity contribution in [2.24, 2.45) is 0 Å². The molecule has 0 saturated heterocycles. The van der Waals surface area contributed by atoms with Gasteiger partial charge in [-0.05, 0) is 57.5 Å². The van der Waals surface area contributed by atoms with Gasteiger partial charge in [0.25, 0.3) is 5.56 Å². The Morgan fingerprint density at radius 3 is 2.72 bits per heavy atom. The highest BCUT2D eigenvalue weighted by Crippen LogP contribution is 2.34. The van der Waals surface area contributed by atoms with Crippen molar-refractivity contribution < 1.29 is 14.3 Å². The van der Waals surface area contributed by atoms with Crippen LogP contribution in [0.15, 0.2) is 23.0 Å². The first-order valence-electron chi connectivity index (χ1n) is 10.6. The molecule has 1 aliphatic rings. The summed E-state index contributed by atoms with van der Waals surface area (Å²) in [5.41, 5.74) is 1.50. The van der Waals surface area contributed by atoms with Gasteiger partial charge in [-0.1, -0.05) is 0 Å². The molecule has 32 heavy (non-hydrogen) atoms. The molecule has 0 unspecified atom stereocenters. The number of ether oxygens (including phenoxy) is 2. The molecule has 2 heterocycles. The predicted molar refractivity (Wildman–Crippen MR) is 126 cm³/mol. The minimum atomic E-state index is -0.319. The topological polar surface area (TPSA) is 85.7 Å². The Morgan fingerprint density at radius 2 is 2.00 bits per heavy atom. The summed E-state index contributed by atoms with van der Waals surface area (Å²) in [5, 5.41) is 3.54. The molecule has 4 rings (SSSR count). The van der Waals surface area contributed by atoms with Crippen molar-refractivity contribution in [1.29, 1.82) is 0 Å². The van der Waals surface area contributed by atoms with E-state index in [-0.39, 0.29) is 18.0 Å². The molecule has 9 heteroatoms. The molecule has 1 aliphatic carbocycles. The number of fused-ring (bicyclic) bond motifs is 3. The normalized spacial score (nSPS) is 13.3. The van der Waals surface area contributed by atoms with Crippen LogP contribution < -0.4 is 20.3 Å². The van der Waals surface area contributed by atoms with Crippen LogP contribution in [0.25, 0.3) is 10.2 Å². The molecular formula is C23H28N4O4S. The maximum Gasteiger partial charge on any atom is 0.263 e. The zero-order chi connectivity index (χ0) is 22.8. The van der Waals surface area contributed by atoms with Gasteiger partial charge >= 0.3 is 0 Å². The third-order valence-corrected chi connectivity index (χ3v) is 6.78. The molecule has 1 amide bonds. The third kappa shape index (κ3) is 4.35. The van der Waals surface area contributed by atoms with Gasteiger partial charge in [-0.3, -0.25) is 14.2 Å². The van der Waals surface area contributed by atoms with E-state index in [2.05, 4.69) is 5.32 Å². The molecular weight excluding hydrogens is 428 g/mol. The van der Waals surface area contributed by atoms with E-state index in [1.807, 2.05) is 19.0 Å². The van der Waals surface area contributed by atoms with Gasteiger partial charge in [-0.25, -0.2) is 4.98 Å². The summed E-state index contributed by atoms with van der Waals surface area (Å²) in [6, 6.07) is 5.16. The molecule has 2 aromatic heterocycles. The maximum absolute atomic E-state index is 13.5. The number of carbonyl (C=O) groups excluding carboxylic acids is 1. The van der Waals surface area contributed by atoms with Crippen molar-refractivity contribution in [1.82, 2.24) is 14.5 Å². The Morgan fingerprint density at radius 1 is 1.22 bits per heavy atom. The van der Waals surface area contributed by atoms with Gasteiger partial charge in [0.1, 0.15) is 28.7 Å². The number of thiophene rings is 1. The van der Waals surface area contributed by atoms with Crippen LogP contribution in [0, 0.1) is 0 Å². The summed E-state index contributed by atoms with van der Waals surface area (Å²) in [5.74, 6) is 1.38. The second kappa shape index (κ2) is 9.30. The lowest BCUT2D eigenvalue weighted by Crippen LogP contribution is -2.33. The first kappa shape index (κ1) is 22.3. The highest BCUT2D eigenvalue weighted by atomic mass is 32.1. The van der Waals surface area contributed by atoms with Crippen LogP contribution in [0.4, 0.5) is 5.69 Å². The van der Waals surface area contributed by atoms with Crippen LogP contribution in [0.5, 0.6) is 11.5 Å². The minimum absolute atomic E-state index is 0.120. The van der Waals surface area contributed by atoms with E-state index in [1.165, 1.54) is 16.6 Å². The molecule has 0 fully saturated rings. The summed E-state index contributed by atoms with van der Waals surface area (Å²) in [4.78, 5) is 35.3. The Kier molecular flexibility index (Phi) is 6.48. The molecule has 0 aliphatic heterocycles. The number of aromatic nitrogens is 2. The molecule has 8 nitrogen and oxygen atoms in total. The summed E-state index contributed by atoms with van der Waals surface area (Å²) < 4.78 is 12.1. The Bertz CT molecular complexity index is 1210. The van der Waals surface area contributed by atoms with Gasteiger partial charge in [0.15, 0.2) is 0 Å². The number of methoxy groups -OCH3 is 2. The van der Waals surface area contributed by atoms with Gasteiger partial charge in [0.2, 0.25) is 5.91 Å². The van der Waals surface area contributed by atoms with Crippen LogP contribution in [0.3, 0.4) is 0 Å². The van der Waals surface area contributed by atoms with E-state index in [0.29, 0.717) is 34.9 Å². The number of hydrogen-bond donors (Lipinski definition) is 1. The Hall–Kier alpha value is -2.91. The molecule has 1 aromatic carbocycles. The first-order valence-corrected chi connectivity index (χ1v) is 11.4. The monoisotopic (exact) mass is 456 g/mol. The molecule has 0 saturated carbocycles. The van der Waals surface area contributed by atoms with Crippen molar-refractivity contribution in [2.45, 2.75) is 38.8 Å². The highest BCUT2D eigenvalue weighted by molar-refractivity contribution is 7.18. The molecule has 0 radical (unpaired) electrons. The summed E-state index contributed by atoms with van der Waals surface area (Å²) in [6.45, 7) is 0.345. The first-order chi connectivity index (χ1) is 15.4. The highest BCUT2D eigenvalue weighted by Gasteiger charge is 2.23. The standard InChI is InChI=1S/C23H28N4O4S/c1-26(2)12-19-25-22-21(15-7-5-6-8-18(15)32-22)23(29)27(19)13-20(28)24-16-10-9-14(30-3)11-17(16)31-4/h9-11H,5-8,12-13H2,1-4H3,(H,24,28). The number of carbonyl (C=O) groups is 1. The number of anilines is 1. The average Bonchev–Trinajstić information content (AvgIpc) is 3.14. The second-order valence-corrected chi connectivity index (χ2v) is 9.25. The van der Waals surface area contributed by atoms with E-state index in [1.54, 1.807) is 36.6 Å². The number of aryl methyl sites for hydroxylation is 2. The molecule has 0 spiro atoms. The van der Waals surface area contributed by atoms with Crippen molar-refractivity contribution in [3.8, 4) is 11.5 Å². The number of benzene rings is 1. The van der Waals surface area contributed by atoms with Crippen molar-refractivity contribution in [3.05, 3.63) is 44.8 Å². The number of hydrogen-bond acceptors (Lipinski definition) is 7. The lowest BCUT2D eigenvalue weighted by molar-refractivity contribution is -0.116. The van der Waals surface area contributed by atoms with E-state index in [0.717, 1.165) is 36.1 Å². The number of nitrogens with zero attached hydrogens (tertiary/aromatic N) is 3. The molecule has 170 valence electrons. The smallest absolute Gasteiger partial charge is 0.263 e. The van der Waals surface area contributed by atoms with Crippen LogP contribution >= 0.6 is 11.3 Å². The molecule has 1 N–H and O–H groups in total. The van der Waals surface area contributed by atoms with E-state index < -0.39 is 0 Å². The van der Waals surface area contributed by atoms with E-state index in [9.17, 15) is 9.59 Å². The summed E-state index contributed by atoms with van der Waals surface area (Å²) in [7, 11) is 6.94. The van der Waals surface area contributed by atoms with Crippen LogP contribution in [-0.4, -0.2) is 48.7 Å². The SMILES string of the molecule is COc1ccc(NC(=O)Cn2c(CN(C)C)nc3sc4c(c3c2=O)CCCC4)c(OC)c1. The number of nitrogens with one attached hydrogen (secondary N) is 1. The zero-order valence-electron chi connectivity index (χ0n) is 18.9. The largest absolute Gasteiger partial charge is 0.497 e. The molecule has 3 aromatic rings. The quantitative estimate of drug-likeness (QED) is 0.588. The van der Waals surface area contributed by atoms with Gasteiger partial charge in [0, 0.05) is 10.9 Å². The zero-order valence-corrected chi connectivity index (χ0v) is 19.7. The van der Waals surface area contributed by atoms with Crippen molar-refractivity contribution in [3.63, 3.8) is 0 Å². The van der Waals surface area contributed by atoms with E-state index in [4.69, 9.17) is 14.5 Å². The van der Waals surface area contributed by atoms with E-state index >= 15 is 0 Å². The Balaban J connectivity index is 1.70. The number of rotatable bonds is 7. The van der Waals surface area contributed by atoms with Crippen molar-refractivity contribution >= 4 is 33.1 Å². The van der Waals surface area contributed by atoms with Crippen LogP contribution in [0.2, 0.25) is 0 Å². The fourth-order valence-electron chi connectivity index (χ4n) is 4.08. The summed E-state index contributed by atoms with van der Waals surface area (Å²) in [6.07, 6.45) is 4.12. The number of amides is 1. The third-order valence-electron chi connectivity index (χ3n) is 5.60. The minimum Gasteiger partial charge on any atom is -0.497 e. The van der Waals surface area contributed by atoms with Crippen LogP contribution in [0.1, 0.15) is 29.1 Å². The van der Waals surface area contributed by atoms with Crippen molar-refractivity contribution in [2.75, 3.05) is 33.6 Å². The maximum atomic E-state index is 13.5. The van der Waals surface area contributed by atoms with Crippen LogP contribution in [-0.2, 0) is 30.7 Å². The van der Waals surface area contributed by atoms with Gasteiger partial charge in [0.05, 0.1) is 31.8 Å². The lowest BCUT2D eigenvalue weighted by atomic mass is 9.97. The predicted octanol–water partition coefficient (Wildman–Crippen LogP) is 3.05. The molecule has 0 atom stereocenters. The van der Waals surface area contributed by atoms with Gasteiger partial charge in [-0.15, -0.1) is 11.3 Å². The van der Waals surface area contributed by atoms with Gasteiger partial charge < -0.3 is 19.7 Å².